The minimum absolute atomic E-state index is 0.120. The molecule has 2 unspecified atom stereocenters. The lowest BCUT2D eigenvalue weighted by atomic mass is 9.76. The molecular formula is C16H31NO2. The third-order valence-corrected chi connectivity index (χ3v) is 5.41. The second-order valence-electron chi connectivity index (χ2n) is 7.50. The Kier molecular flexibility index (Phi) is 4.91. The average Bonchev–Trinajstić information content (AvgIpc) is 2.74. The predicted molar refractivity (Wildman–Crippen MR) is 78.0 cm³/mol. The molecule has 19 heavy (non-hydrogen) atoms. The third-order valence-electron chi connectivity index (χ3n) is 5.41. The molecule has 2 aliphatic rings. The Balaban J connectivity index is 1.67. The lowest BCUT2D eigenvalue weighted by Crippen LogP contribution is -2.47. The van der Waals surface area contributed by atoms with Crippen molar-refractivity contribution >= 4 is 0 Å². The van der Waals surface area contributed by atoms with Gasteiger partial charge in [-0.1, -0.05) is 20.3 Å². The summed E-state index contributed by atoms with van der Waals surface area (Å²) in [5.74, 6) is 0.442. The minimum atomic E-state index is -0.335. The number of nitrogens with two attached hydrogens (primary N) is 1. The molecule has 0 aromatic carbocycles. The summed E-state index contributed by atoms with van der Waals surface area (Å²) in [5.41, 5.74) is 6.42. The molecule has 112 valence electrons. The number of aliphatic hydroxyl groups excluding tert-OH is 1. The molecule has 0 bridgehead atoms. The Bertz CT molecular complexity index is 282. The SMILES string of the molecule is CC1(C)CCC(OCCC2CCCC2(N)CO)CC1. The Morgan fingerprint density at radius 1 is 1.16 bits per heavy atom. The highest BCUT2D eigenvalue weighted by atomic mass is 16.5. The van der Waals surface area contributed by atoms with Crippen LogP contribution in [0, 0.1) is 11.3 Å². The molecule has 0 spiro atoms. The molecule has 3 N–H and O–H groups in total. The fraction of sp³-hybridized carbons (Fsp3) is 1.00. The quantitative estimate of drug-likeness (QED) is 0.807. The van der Waals surface area contributed by atoms with Crippen molar-refractivity contribution in [3.8, 4) is 0 Å². The summed E-state index contributed by atoms with van der Waals surface area (Å²) >= 11 is 0. The highest BCUT2D eigenvalue weighted by Gasteiger charge is 2.38. The first-order valence-corrected chi connectivity index (χ1v) is 7.97. The summed E-state index contributed by atoms with van der Waals surface area (Å²) in [7, 11) is 0. The Labute approximate surface area is 117 Å². The molecule has 0 aromatic heterocycles. The Morgan fingerprint density at radius 2 is 1.84 bits per heavy atom. The van der Waals surface area contributed by atoms with E-state index < -0.39 is 0 Å². The van der Waals surface area contributed by atoms with Crippen LogP contribution in [-0.4, -0.2) is 30.0 Å². The fourth-order valence-electron chi connectivity index (χ4n) is 3.73. The van der Waals surface area contributed by atoms with Crippen LogP contribution in [0.2, 0.25) is 0 Å². The van der Waals surface area contributed by atoms with Gasteiger partial charge in [0, 0.05) is 12.1 Å². The van der Waals surface area contributed by atoms with Gasteiger partial charge in [-0.15, -0.1) is 0 Å². The van der Waals surface area contributed by atoms with Crippen molar-refractivity contribution in [2.24, 2.45) is 17.1 Å². The largest absolute Gasteiger partial charge is 0.394 e. The number of hydrogen-bond acceptors (Lipinski definition) is 3. The second-order valence-corrected chi connectivity index (χ2v) is 7.50. The number of hydrogen-bond donors (Lipinski definition) is 2. The van der Waals surface area contributed by atoms with Gasteiger partial charge in [-0.3, -0.25) is 0 Å². The summed E-state index contributed by atoms with van der Waals surface area (Å²) in [6.45, 7) is 5.64. The summed E-state index contributed by atoms with van der Waals surface area (Å²) in [6, 6.07) is 0. The van der Waals surface area contributed by atoms with E-state index in [2.05, 4.69) is 13.8 Å². The monoisotopic (exact) mass is 269 g/mol. The van der Waals surface area contributed by atoms with Crippen LogP contribution in [0.4, 0.5) is 0 Å². The molecule has 2 rings (SSSR count). The van der Waals surface area contributed by atoms with Gasteiger partial charge in [0.15, 0.2) is 0 Å². The molecule has 0 aromatic rings. The van der Waals surface area contributed by atoms with Crippen LogP contribution >= 0.6 is 0 Å². The first-order valence-electron chi connectivity index (χ1n) is 7.97. The van der Waals surface area contributed by atoms with Crippen LogP contribution < -0.4 is 5.73 Å². The van der Waals surface area contributed by atoms with Gasteiger partial charge in [0.1, 0.15) is 0 Å². The smallest absolute Gasteiger partial charge is 0.0613 e. The Hall–Kier alpha value is -0.120. The summed E-state index contributed by atoms with van der Waals surface area (Å²) in [6.07, 6.45) is 9.68. The minimum Gasteiger partial charge on any atom is -0.394 e. The van der Waals surface area contributed by atoms with Gasteiger partial charge in [0.25, 0.3) is 0 Å². The van der Waals surface area contributed by atoms with Crippen molar-refractivity contribution in [1.29, 1.82) is 0 Å². The lowest BCUT2D eigenvalue weighted by molar-refractivity contribution is -0.00538. The molecule has 3 nitrogen and oxygen atoms in total. The molecule has 2 saturated carbocycles. The van der Waals surface area contributed by atoms with Gasteiger partial charge in [-0.2, -0.15) is 0 Å². The highest BCUT2D eigenvalue weighted by molar-refractivity contribution is 4.96. The summed E-state index contributed by atoms with van der Waals surface area (Å²) in [5, 5.41) is 9.44. The lowest BCUT2D eigenvalue weighted by Gasteiger charge is -2.35. The molecule has 3 heteroatoms. The second kappa shape index (κ2) is 6.11. The van der Waals surface area contributed by atoms with Crippen LogP contribution in [0.3, 0.4) is 0 Å². The van der Waals surface area contributed by atoms with Crippen molar-refractivity contribution in [1.82, 2.24) is 0 Å². The summed E-state index contributed by atoms with van der Waals surface area (Å²) in [4.78, 5) is 0. The van der Waals surface area contributed by atoms with Gasteiger partial charge >= 0.3 is 0 Å². The van der Waals surface area contributed by atoms with E-state index in [1.165, 1.54) is 25.7 Å². The van der Waals surface area contributed by atoms with Crippen molar-refractivity contribution in [2.75, 3.05) is 13.2 Å². The molecular weight excluding hydrogens is 238 g/mol. The zero-order valence-electron chi connectivity index (χ0n) is 12.7. The molecule has 0 heterocycles. The molecule has 2 aliphatic carbocycles. The van der Waals surface area contributed by atoms with Gasteiger partial charge in [-0.25, -0.2) is 0 Å². The number of ether oxygens (including phenoxy) is 1. The van der Waals surface area contributed by atoms with E-state index in [4.69, 9.17) is 10.5 Å². The van der Waals surface area contributed by atoms with Crippen molar-refractivity contribution in [2.45, 2.75) is 76.9 Å². The fourth-order valence-corrected chi connectivity index (χ4v) is 3.73. The maximum absolute atomic E-state index is 9.44. The first-order chi connectivity index (χ1) is 8.95. The molecule has 0 amide bonds. The zero-order valence-corrected chi connectivity index (χ0v) is 12.7. The number of rotatable bonds is 5. The van der Waals surface area contributed by atoms with E-state index in [0.717, 1.165) is 32.3 Å². The molecule has 0 saturated heterocycles. The van der Waals surface area contributed by atoms with E-state index >= 15 is 0 Å². The van der Waals surface area contributed by atoms with Gasteiger partial charge in [-0.05, 0) is 56.3 Å². The third kappa shape index (κ3) is 3.93. The van der Waals surface area contributed by atoms with Crippen molar-refractivity contribution in [3.05, 3.63) is 0 Å². The normalized spacial score (nSPS) is 35.7. The predicted octanol–water partition coefficient (Wildman–Crippen LogP) is 2.85. The van der Waals surface area contributed by atoms with Crippen LogP contribution in [0.15, 0.2) is 0 Å². The van der Waals surface area contributed by atoms with Gasteiger partial charge in [0.2, 0.25) is 0 Å². The van der Waals surface area contributed by atoms with Crippen molar-refractivity contribution in [3.63, 3.8) is 0 Å². The van der Waals surface area contributed by atoms with Crippen molar-refractivity contribution < 1.29 is 9.84 Å². The molecule has 0 radical (unpaired) electrons. The number of aliphatic hydroxyl groups is 1. The Morgan fingerprint density at radius 3 is 2.47 bits per heavy atom. The topological polar surface area (TPSA) is 55.5 Å². The molecule has 2 atom stereocenters. The maximum atomic E-state index is 9.44. The maximum Gasteiger partial charge on any atom is 0.0613 e. The van der Waals surface area contributed by atoms with Crippen LogP contribution in [-0.2, 0) is 4.74 Å². The van der Waals surface area contributed by atoms with E-state index in [1.807, 2.05) is 0 Å². The highest BCUT2D eigenvalue weighted by Crippen LogP contribution is 2.38. The van der Waals surface area contributed by atoms with E-state index in [9.17, 15) is 5.11 Å². The van der Waals surface area contributed by atoms with Crippen LogP contribution in [0.25, 0.3) is 0 Å². The average molecular weight is 269 g/mol. The van der Waals surface area contributed by atoms with Gasteiger partial charge < -0.3 is 15.6 Å². The standard InChI is InChI=1S/C16H31NO2/c1-15(2)9-5-14(6-10-15)19-11-7-13-4-3-8-16(13,17)12-18/h13-14,18H,3-12,17H2,1-2H3. The summed E-state index contributed by atoms with van der Waals surface area (Å²) < 4.78 is 6.04. The molecule has 2 fully saturated rings. The van der Waals surface area contributed by atoms with E-state index in [0.29, 0.717) is 17.4 Å². The first kappa shape index (κ1) is 15.3. The zero-order chi connectivity index (χ0) is 13.9. The van der Waals surface area contributed by atoms with Crippen LogP contribution in [0.1, 0.15) is 65.2 Å². The molecule has 0 aliphatic heterocycles. The van der Waals surface area contributed by atoms with E-state index in [1.54, 1.807) is 0 Å². The van der Waals surface area contributed by atoms with Gasteiger partial charge in [0.05, 0.1) is 12.7 Å². The van der Waals surface area contributed by atoms with E-state index in [-0.39, 0.29) is 12.1 Å². The van der Waals surface area contributed by atoms with Crippen LogP contribution in [0.5, 0.6) is 0 Å².